The summed E-state index contributed by atoms with van der Waals surface area (Å²) >= 11 is 0. The molecule has 0 aromatic rings. The predicted octanol–water partition coefficient (Wildman–Crippen LogP) is -0.745. The van der Waals surface area contributed by atoms with Crippen LogP contribution in [0.1, 0.15) is 40.0 Å². The number of hydrogen-bond acceptors (Lipinski definition) is 3. The second-order valence-corrected chi connectivity index (χ2v) is 4.16. The zero-order valence-electron chi connectivity index (χ0n) is 9.97. The smallest absolute Gasteiger partial charge is 0.541 e. The van der Waals surface area contributed by atoms with Crippen molar-refractivity contribution in [1.82, 2.24) is 0 Å². The molecule has 0 aromatic carbocycles. The molecule has 3 nitrogen and oxygen atoms in total. The molecule has 14 heavy (non-hydrogen) atoms. The standard InChI is InChI=1S/C9H21O3Si.Li/c1-4-7-10-13(11-8-5-2)12-9-6-3;/h4-9H2,1-3H3;/q-1;+1. The summed E-state index contributed by atoms with van der Waals surface area (Å²) in [6.07, 6.45) is 3.04. The molecule has 0 aromatic heterocycles. The van der Waals surface area contributed by atoms with Gasteiger partial charge in [-0.25, -0.2) is 0 Å². The van der Waals surface area contributed by atoms with Crippen molar-refractivity contribution in [1.29, 1.82) is 0 Å². The van der Waals surface area contributed by atoms with Crippen LogP contribution < -0.4 is 18.9 Å². The second kappa shape index (κ2) is 13.7. The first-order chi connectivity index (χ1) is 6.35. The summed E-state index contributed by atoms with van der Waals surface area (Å²) in [6, 6.07) is 0. The van der Waals surface area contributed by atoms with E-state index in [1.54, 1.807) is 0 Å². The molecule has 0 aliphatic heterocycles. The Morgan fingerprint density at radius 2 is 1.00 bits per heavy atom. The molecular formula is C9H21LiO3Si. The molecule has 0 aliphatic rings. The molecule has 0 saturated carbocycles. The van der Waals surface area contributed by atoms with Crippen LogP contribution in [0.15, 0.2) is 0 Å². The van der Waals surface area contributed by atoms with Gasteiger partial charge >= 0.3 is 18.9 Å². The normalized spacial score (nSPS) is 10.3. The molecule has 0 fully saturated rings. The molecule has 0 aliphatic carbocycles. The van der Waals surface area contributed by atoms with Crippen molar-refractivity contribution in [2.45, 2.75) is 40.0 Å². The van der Waals surface area contributed by atoms with E-state index in [4.69, 9.17) is 13.3 Å². The molecule has 0 heterocycles. The monoisotopic (exact) mass is 212 g/mol. The maximum atomic E-state index is 5.45. The van der Waals surface area contributed by atoms with Gasteiger partial charge in [-0.05, 0) is 19.3 Å². The quantitative estimate of drug-likeness (QED) is 0.471. The average molecular weight is 212 g/mol. The molecule has 0 radical (unpaired) electrons. The van der Waals surface area contributed by atoms with Gasteiger partial charge in [0.25, 0.3) is 0 Å². The fraction of sp³-hybridized carbons (Fsp3) is 1.00. The minimum atomic E-state index is -1.43. The number of rotatable bonds is 9. The Labute approximate surface area is 102 Å². The van der Waals surface area contributed by atoms with Crippen molar-refractivity contribution >= 4 is 9.53 Å². The van der Waals surface area contributed by atoms with Crippen LogP contribution >= 0.6 is 0 Å². The van der Waals surface area contributed by atoms with E-state index in [-0.39, 0.29) is 18.9 Å². The van der Waals surface area contributed by atoms with Gasteiger partial charge < -0.3 is 13.3 Å². The molecule has 0 unspecified atom stereocenters. The molecule has 0 bridgehead atoms. The van der Waals surface area contributed by atoms with Gasteiger partial charge in [-0.15, -0.1) is 0 Å². The average Bonchev–Trinajstić information content (AvgIpc) is 2.17. The third-order valence-corrected chi connectivity index (χ3v) is 2.59. The van der Waals surface area contributed by atoms with E-state index in [1.165, 1.54) is 0 Å². The zero-order valence-corrected chi connectivity index (χ0v) is 11.0. The van der Waals surface area contributed by atoms with E-state index in [0.29, 0.717) is 0 Å². The minimum Gasteiger partial charge on any atom is -0.541 e. The Morgan fingerprint density at radius 1 is 0.714 bits per heavy atom. The summed E-state index contributed by atoms with van der Waals surface area (Å²) in [4.78, 5) is 0. The van der Waals surface area contributed by atoms with Crippen molar-refractivity contribution in [2.75, 3.05) is 19.8 Å². The summed E-state index contributed by atoms with van der Waals surface area (Å²) in [5, 5.41) is 0. The van der Waals surface area contributed by atoms with Gasteiger partial charge in [-0.3, -0.25) is 0 Å². The Bertz CT molecular complexity index is 87.0. The van der Waals surface area contributed by atoms with Gasteiger partial charge in [0.05, 0.1) is 0 Å². The molecule has 0 saturated heterocycles. The SMILES string of the molecule is CCCO[Si-](OCCC)OCCC.[Li+]. The van der Waals surface area contributed by atoms with Crippen molar-refractivity contribution in [3.05, 3.63) is 0 Å². The van der Waals surface area contributed by atoms with Crippen LogP contribution in [0, 0.1) is 0 Å². The second-order valence-electron chi connectivity index (χ2n) is 2.80. The van der Waals surface area contributed by atoms with Crippen LogP contribution in [-0.4, -0.2) is 29.3 Å². The van der Waals surface area contributed by atoms with Crippen LogP contribution in [0.25, 0.3) is 0 Å². The Morgan fingerprint density at radius 3 is 1.21 bits per heavy atom. The van der Waals surface area contributed by atoms with Gasteiger partial charge in [0.1, 0.15) is 0 Å². The van der Waals surface area contributed by atoms with E-state index in [0.717, 1.165) is 39.1 Å². The minimum absolute atomic E-state index is 0. The van der Waals surface area contributed by atoms with Crippen molar-refractivity contribution in [3.63, 3.8) is 0 Å². The van der Waals surface area contributed by atoms with Crippen LogP contribution in [0.5, 0.6) is 0 Å². The molecule has 5 heteroatoms. The largest absolute Gasteiger partial charge is 1.00 e. The summed E-state index contributed by atoms with van der Waals surface area (Å²) in [5.41, 5.74) is 0. The molecule has 0 atom stereocenters. The molecular weight excluding hydrogens is 191 g/mol. The van der Waals surface area contributed by atoms with E-state index in [2.05, 4.69) is 20.8 Å². The molecule has 80 valence electrons. The molecule has 0 amide bonds. The molecule has 0 spiro atoms. The third kappa shape index (κ3) is 10.8. The van der Waals surface area contributed by atoms with Gasteiger partial charge in [0.2, 0.25) is 9.53 Å². The summed E-state index contributed by atoms with van der Waals surface area (Å²) in [7, 11) is -1.43. The van der Waals surface area contributed by atoms with Crippen molar-refractivity contribution < 1.29 is 32.1 Å². The first-order valence-corrected chi connectivity index (χ1v) is 6.32. The summed E-state index contributed by atoms with van der Waals surface area (Å²) in [6.45, 7) is 8.46. The predicted molar refractivity (Wildman–Crippen MR) is 54.5 cm³/mol. The van der Waals surface area contributed by atoms with Gasteiger partial charge in [-0.2, -0.15) is 0 Å². The van der Waals surface area contributed by atoms with Crippen LogP contribution in [0.4, 0.5) is 0 Å². The number of hydrogen-bond donors (Lipinski definition) is 0. The maximum absolute atomic E-state index is 5.45. The zero-order chi connectivity index (χ0) is 9.94. The summed E-state index contributed by atoms with van der Waals surface area (Å²) < 4.78 is 16.4. The van der Waals surface area contributed by atoms with Gasteiger partial charge in [0.15, 0.2) is 0 Å². The maximum Gasteiger partial charge on any atom is 1.00 e. The van der Waals surface area contributed by atoms with Crippen LogP contribution in [0.3, 0.4) is 0 Å². The topological polar surface area (TPSA) is 27.7 Å². The van der Waals surface area contributed by atoms with Crippen molar-refractivity contribution in [3.8, 4) is 0 Å². The Hall–Kier alpha value is 0.694. The van der Waals surface area contributed by atoms with E-state index in [1.807, 2.05) is 0 Å². The fourth-order valence-electron chi connectivity index (χ4n) is 0.681. The first-order valence-electron chi connectivity index (χ1n) is 5.10. The van der Waals surface area contributed by atoms with E-state index < -0.39 is 9.53 Å². The van der Waals surface area contributed by atoms with E-state index >= 15 is 0 Å². The van der Waals surface area contributed by atoms with Gasteiger partial charge in [0, 0.05) is 19.8 Å². The Kier molecular flexibility index (Phi) is 16.7. The van der Waals surface area contributed by atoms with E-state index in [9.17, 15) is 0 Å². The van der Waals surface area contributed by atoms with Crippen LogP contribution in [0.2, 0.25) is 0 Å². The van der Waals surface area contributed by atoms with Crippen LogP contribution in [-0.2, 0) is 13.3 Å². The van der Waals surface area contributed by atoms with Crippen molar-refractivity contribution in [2.24, 2.45) is 0 Å². The Balaban J connectivity index is 0. The first kappa shape index (κ1) is 17.1. The van der Waals surface area contributed by atoms with Gasteiger partial charge in [-0.1, -0.05) is 20.8 Å². The fourth-order valence-corrected chi connectivity index (χ4v) is 2.04. The third-order valence-electron chi connectivity index (χ3n) is 1.27. The molecule has 0 N–H and O–H groups in total. The summed E-state index contributed by atoms with van der Waals surface area (Å²) in [5.74, 6) is 0. The molecule has 0 rings (SSSR count).